The molecule has 158 valence electrons. The Morgan fingerprint density at radius 3 is 2.80 bits per heavy atom. The van der Waals surface area contributed by atoms with Crippen molar-refractivity contribution >= 4 is 39.2 Å². The van der Waals surface area contributed by atoms with Crippen LogP contribution in [-0.2, 0) is 4.79 Å². The molecule has 0 N–H and O–H groups in total. The van der Waals surface area contributed by atoms with Crippen LogP contribution in [-0.4, -0.2) is 44.8 Å². The number of likely N-dealkylation sites (tertiary alicyclic amines) is 1. The van der Waals surface area contributed by atoms with E-state index >= 15 is 0 Å². The van der Waals surface area contributed by atoms with Gasteiger partial charge in [-0.2, -0.15) is 0 Å². The molecule has 5 rings (SSSR count). The van der Waals surface area contributed by atoms with Gasteiger partial charge in [0.15, 0.2) is 0 Å². The number of benzene rings is 1. The van der Waals surface area contributed by atoms with Gasteiger partial charge in [-0.1, -0.05) is 43.2 Å². The maximum atomic E-state index is 12.8. The molecule has 30 heavy (non-hydrogen) atoms. The fourth-order valence-electron chi connectivity index (χ4n) is 4.48. The lowest BCUT2D eigenvalue weighted by Crippen LogP contribution is -2.40. The van der Waals surface area contributed by atoms with E-state index in [-0.39, 0.29) is 5.91 Å². The molecule has 0 bridgehead atoms. The summed E-state index contributed by atoms with van der Waals surface area (Å²) in [6, 6.07) is 8.25. The van der Waals surface area contributed by atoms with E-state index in [9.17, 15) is 4.79 Å². The van der Waals surface area contributed by atoms with Crippen molar-refractivity contribution in [3.05, 3.63) is 35.2 Å². The van der Waals surface area contributed by atoms with Gasteiger partial charge in [-0.05, 0) is 37.8 Å². The highest BCUT2D eigenvalue weighted by Gasteiger charge is 2.27. The Hall–Kier alpha value is -1.93. The molecule has 3 heterocycles. The van der Waals surface area contributed by atoms with Crippen LogP contribution >= 0.6 is 23.1 Å². The third-order valence-electron chi connectivity index (χ3n) is 6.13. The Balaban J connectivity index is 1.17. The molecule has 1 saturated heterocycles. The number of rotatable bonds is 5. The summed E-state index contributed by atoms with van der Waals surface area (Å²) in [5.74, 6) is 1.96. The van der Waals surface area contributed by atoms with E-state index in [1.54, 1.807) is 11.3 Å². The summed E-state index contributed by atoms with van der Waals surface area (Å²) in [5, 5.41) is 10.1. The quantitative estimate of drug-likeness (QED) is 0.504. The first kappa shape index (κ1) is 20.0. The van der Waals surface area contributed by atoms with Crippen LogP contribution in [0.3, 0.4) is 0 Å². The molecular weight excluding hydrogens is 416 g/mol. The highest BCUT2D eigenvalue weighted by Crippen LogP contribution is 2.34. The molecule has 2 fully saturated rings. The molecule has 2 aromatic heterocycles. The average molecular weight is 443 g/mol. The van der Waals surface area contributed by atoms with Crippen molar-refractivity contribution in [1.82, 2.24) is 20.1 Å². The number of hydrogen-bond donors (Lipinski definition) is 0. The minimum atomic E-state index is 0.142. The second-order valence-electron chi connectivity index (χ2n) is 8.23. The van der Waals surface area contributed by atoms with Crippen molar-refractivity contribution < 1.29 is 9.21 Å². The van der Waals surface area contributed by atoms with Gasteiger partial charge in [-0.15, -0.1) is 21.5 Å². The van der Waals surface area contributed by atoms with Crippen molar-refractivity contribution in [2.75, 3.05) is 18.8 Å². The van der Waals surface area contributed by atoms with Crippen LogP contribution in [0.15, 0.2) is 33.9 Å². The number of para-hydroxylation sites is 1. The average Bonchev–Trinajstić information content (AvgIpc) is 3.45. The molecule has 1 aliphatic heterocycles. The van der Waals surface area contributed by atoms with Gasteiger partial charge in [0.05, 0.1) is 21.0 Å². The number of carbonyl (C=O) groups is 1. The standard InChI is InChI=1S/C22H26N4O2S2/c27-19(14-29-22-25-24-20(28-22)15-7-2-1-3-8-15)26-12-6-9-16(13-26)21-23-17-10-4-5-11-18(17)30-21/h4-5,10-11,15-16H,1-3,6-9,12-14H2/t16-/m1/s1. The van der Waals surface area contributed by atoms with Gasteiger partial charge in [0.25, 0.3) is 5.22 Å². The van der Waals surface area contributed by atoms with E-state index in [1.807, 2.05) is 11.0 Å². The van der Waals surface area contributed by atoms with E-state index < -0.39 is 0 Å². The van der Waals surface area contributed by atoms with Crippen LogP contribution in [0, 0.1) is 0 Å². The van der Waals surface area contributed by atoms with Crippen molar-refractivity contribution in [2.45, 2.75) is 62.0 Å². The van der Waals surface area contributed by atoms with Crippen LogP contribution in [0.4, 0.5) is 0 Å². The number of nitrogens with zero attached hydrogens (tertiary/aromatic N) is 4. The van der Waals surface area contributed by atoms with Crippen molar-refractivity contribution in [3.8, 4) is 0 Å². The van der Waals surface area contributed by atoms with E-state index in [4.69, 9.17) is 9.40 Å². The zero-order valence-corrected chi connectivity index (χ0v) is 18.6. The van der Waals surface area contributed by atoms with Gasteiger partial charge < -0.3 is 9.32 Å². The summed E-state index contributed by atoms with van der Waals surface area (Å²) < 4.78 is 7.07. The molecule has 6 nitrogen and oxygen atoms in total. The highest BCUT2D eigenvalue weighted by molar-refractivity contribution is 7.99. The fourth-order valence-corrected chi connectivity index (χ4v) is 6.24. The molecule has 0 spiro atoms. The fraction of sp³-hybridized carbons (Fsp3) is 0.545. The number of thiazole rings is 1. The predicted molar refractivity (Wildman–Crippen MR) is 119 cm³/mol. The second kappa shape index (κ2) is 9.06. The van der Waals surface area contributed by atoms with Crippen LogP contribution in [0.25, 0.3) is 10.2 Å². The number of thioether (sulfide) groups is 1. The predicted octanol–water partition coefficient (Wildman–Crippen LogP) is 5.23. The third-order valence-corrected chi connectivity index (χ3v) is 8.13. The van der Waals surface area contributed by atoms with E-state index in [0.29, 0.717) is 22.8 Å². The summed E-state index contributed by atoms with van der Waals surface area (Å²) >= 11 is 3.12. The smallest absolute Gasteiger partial charge is 0.277 e. The summed E-state index contributed by atoms with van der Waals surface area (Å²) in [6.45, 7) is 1.56. The number of aromatic nitrogens is 3. The van der Waals surface area contributed by atoms with Crippen LogP contribution < -0.4 is 0 Å². The number of amides is 1. The maximum absolute atomic E-state index is 12.8. The number of hydrogen-bond acceptors (Lipinski definition) is 7. The SMILES string of the molecule is O=C(CSc1nnc(C2CCCCC2)o1)N1CCC[C@@H](c2nc3ccccc3s2)C1. The lowest BCUT2D eigenvalue weighted by Gasteiger charge is -2.31. The van der Waals surface area contributed by atoms with Gasteiger partial charge in [0.2, 0.25) is 11.8 Å². The molecule has 0 radical (unpaired) electrons. The molecule has 1 aromatic carbocycles. The van der Waals surface area contributed by atoms with E-state index in [2.05, 4.69) is 28.4 Å². The summed E-state index contributed by atoms with van der Waals surface area (Å²) in [5.41, 5.74) is 1.06. The zero-order valence-electron chi connectivity index (χ0n) is 17.0. The van der Waals surface area contributed by atoms with Gasteiger partial charge in [0.1, 0.15) is 0 Å². The van der Waals surface area contributed by atoms with Gasteiger partial charge in [0, 0.05) is 24.9 Å². The van der Waals surface area contributed by atoms with Gasteiger partial charge >= 0.3 is 0 Å². The molecule has 1 aliphatic carbocycles. The molecule has 1 atom stereocenters. The van der Waals surface area contributed by atoms with Crippen LogP contribution in [0.5, 0.6) is 0 Å². The van der Waals surface area contributed by atoms with Crippen molar-refractivity contribution in [1.29, 1.82) is 0 Å². The van der Waals surface area contributed by atoms with E-state index in [1.165, 1.54) is 35.7 Å². The monoisotopic (exact) mass is 442 g/mol. The molecule has 8 heteroatoms. The first-order valence-corrected chi connectivity index (χ1v) is 12.7. The molecule has 3 aromatic rings. The van der Waals surface area contributed by atoms with Crippen LogP contribution in [0.2, 0.25) is 0 Å². The Labute approximate surface area is 184 Å². The first-order chi connectivity index (χ1) is 14.8. The highest BCUT2D eigenvalue weighted by atomic mass is 32.2. The lowest BCUT2D eigenvalue weighted by molar-refractivity contribution is -0.129. The van der Waals surface area contributed by atoms with Crippen molar-refractivity contribution in [2.24, 2.45) is 0 Å². The summed E-state index contributed by atoms with van der Waals surface area (Å²) in [4.78, 5) is 19.6. The van der Waals surface area contributed by atoms with E-state index in [0.717, 1.165) is 55.2 Å². The summed E-state index contributed by atoms with van der Waals surface area (Å²) in [7, 11) is 0. The Morgan fingerprint density at radius 2 is 1.93 bits per heavy atom. The maximum Gasteiger partial charge on any atom is 0.277 e. The second-order valence-corrected chi connectivity index (χ2v) is 10.2. The zero-order chi connectivity index (χ0) is 20.3. The third kappa shape index (κ3) is 4.39. The summed E-state index contributed by atoms with van der Waals surface area (Å²) in [6.07, 6.45) is 8.14. The molecule has 2 aliphatic rings. The van der Waals surface area contributed by atoms with Crippen molar-refractivity contribution in [3.63, 3.8) is 0 Å². The number of fused-ring (bicyclic) bond motifs is 1. The minimum absolute atomic E-state index is 0.142. The normalized spacial score (nSPS) is 20.7. The molecule has 1 saturated carbocycles. The number of carbonyl (C=O) groups excluding carboxylic acids is 1. The largest absolute Gasteiger partial charge is 0.416 e. The topological polar surface area (TPSA) is 72.1 Å². The lowest BCUT2D eigenvalue weighted by atomic mass is 9.89. The molecule has 0 unspecified atom stereocenters. The Bertz CT molecular complexity index is 978. The Kier molecular flexibility index (Phi) is 6.04. The van der Waals surface area contributed by atoms with Crippen LogP contribution in [0.1, 0.15) is 67.7 Å². The molecular formula is C22H26N4O2S2. The Morgan fingerprint density at radius 1 is 1.10 bits per heavy atom. The number of piperidine rings is 1. The van der Waals surface area contributed by atoms with Gasteiger partial charge in [-0.3, -0.25) is 4.79 Å². The first-order valence-electron chi connectivity index (χ1n) is 10.9. The molecule has 1 amide bonds. The van der Waals surface area contributed by atoms with Gasteiger partial charge in [-0.25, -0.2) is 4.98 Å². The minimum Gasteiger partial charge on any atom is -0.416 e.